The molecule has 1 aromatic heterocycles. The number of carbonyl (C=O) groups is 1. The highest BCUT2D eigenvalue weighted by molar-refractivity contribution is 5.97. The van der Waals surface area contributed by atoms with Gasteiger partial charge in [-0.2, -0.15) is 0 Å². The normalized spacial score (nSPS) is 14.3. The molecule has 2 heterocycles. The Morgan fingerprint density at radius 2 is 2.11 bits per heavy atom. The Balaban J connectivity index is 1.81. The SMILES string of the molecule is COCc1nc(N2CCOCC2)cc(C)c1C(=O)NCc1cccc(F)c1. The smallest absolute Gasteiger partial charge is 0.253 e. The molecule has 0 spiro atoms. The number of hydrogen-bond donors (Lipinski definition) is 1. The summed E-state index contributed by atoms with van der Waals surface area (Å²) in [5, 5.41) is 2.85. The topological polar surface area (TPSA) is 63.7 Å². The number of aromatic nitrogens is 1. The number of carbonyl (C=O) groups excluding carboxylic acids is 1. The summed E-state index contributed by atoms with van der Waals surface area (Å²) in [6.45, 7) is 5.23. The van der Waals surface area contributed by atoms with Gasteiger partial charge in [0.15, 0.2) is 0 Å². The van der Waals surface area contributed by atoms with Gasteiger partial charge in [-0.1, -0.05) is 12.1 Å². The van der Waals surface area contributed by atoms with Gasteiger partial charge in [0, 0.05) is 26.7 Å². The lowest BCUT2D eigenvalue weighted by Gasteiger charge is -2.29. The van der Waals surface area contributed by atoms with E-state index in [2.05, 4.69) is 15.2 Å². The summed E-state index contributed by atoms with van der Waals surface area (Å²) in [7, 11) is 1.58. The van der Waals surface area contributed by atoms with Crippen LogP contribution in [-0.4, -0.2) is 44.3 Å². The number of methoxy groups -OCH3 is 1. The largest absolute Gasteiger partial charge is 0.378 e. The van der Waals surface area contributed by atoms with Gasteiger partial charge in [-0.3, -0.25) is 4.79 Å². The van der Waals surface area contributed by atoms with Crippen LogP contribution in [0, 0.1) is 12.7 Å². The number of halogens is 1. The second-order valence-electron chi connectivity index (χ2n) is 6.46. The highest BCUT2D eigenvalue weighted by Crippen LogP contribution is 2.22. The predicted molar refractivity (Wildman–Crippen MR) is 100 cm³/mol. The first-order chi connectivity index (χ1) is 13.1. The Morgan fingerprint density at radius 3 is 2.81 bits per heavy atom. The number of rotatable bonds is 6. The molecule has 0 unspecified atom stereocenters. The molecule has 1 amide bonds. The third kappa shape index (κ3) is 4.81. The van der Waals surface area contributed by atoms with E-state index >= 15 is 0 Å². The maximum absolute atomic E-state index is 13.3. The molecule has 1 N–H and O–H groups in total. The summed E-state index contributed by atoms with van der Waals surface area (Å²) in [4.78, 5) is 19.6. The van der Waals surface area contributed by atoms with Crippen LogP contribution in [0.15, 0.2) is 30.3 Å². The molecule has 0 bridgehead atoms. The number of benzene rings is 1. The van der Waals surface area contributed by atoms with E-state index in [1.54, 1.807) is 19.2 Å². The Morgan fingerprint density at radius 1 is 1.33 bits per heavy atom. The molecule has 7 heteroatoms. The molecule has 0 atom stereocenters. The number of morpholine rings is 1. The van der Waals surface area contributed by atoms with Crippen LogP contribution in [0.2, 0.25) is 0 Å². The first-order valence-electron chi connectivity index (χ1n) is 8.93. The van der Waals surface area contributed by atoms with E-state index in [4.69, 9.17) is 9.47 Å². The Bertz CT molecular complexity index is 807. The van der Waals surface area contributed by atoms with Crippen molar-refractivity contribution in [3.8, 4) is 0 Å². The zero-order valence-corrected chi connectivity index (χ0v) is 15.6. The maximum Gasteiger partial charge on any atom is 0.253 e. The molecule has 1 aliphatic heterocycles. The van der Waals surface area contributed by atoms with Crippen molar-refractivity contribution in [2.24, 2.45) is 0 Å². The lowest BCUT2D eigenvalue weighted by atomic mass is 10.1. The van der Waals surface area contributed by atoms with E-state index in [1.807, 2.05) is 13.0 Å². The number of nitrogens with zero attached hydrogens (tertiary/aromatic N) is 2. The average molecular weight is 373 g/mol. The molecule has 1 aromatic carbocycles. The van der Waals surface area contributed by atoms with Gasteiger partial charge < -0.3 is 19.7 Å². The zero-order valence-electron chi connectivity index (χ0n) is 15.6. The van der Waals surface area contributed by atoms with Crippen molar-refractivity contribution in [3.05, 3.63) is 58.5 Å². The van der Waals surface area contributed by atoms with Crippen LogP contribution in [0.5, 0.6) is 0 Å². The first-order valence-corrected chi connectivity index (χ1v) is 8.93. The van der Waals surface area contributed by atoms with Gasteiger partial charge in [-0.15, -0.1) is 0 Å². The summed E-state index contributed by atoms with van der Waals surface area (Å²) in [6, 6.07) is 8.09. The number of hydrogen-bond acceptors (Lipinski definition) is 5. The van der Waals surface area contributed by atoms with Gasteiger partial charge >= 0.3 is 0 Å². The highest BCUT2D eigenvalue weighted by atomic mass is 19.1. The summed E-state index contributed by atoms with van der Waals surface area (Å²) in [5.41, 5.74) is 2.63. The fourth-order valence-corrected chi connectivity index (χ4v) is 3.14. The average Bonchev–Trinajstić information content (AvgIpc) is 2.67. The minimum absolute atomic E-state index is 0.238. The fraction of sp³-hybridized carbons (Fsp3) is 0.400. The molecule has 144 valence electrons. The number of anilines is 1. The lowest BCUT2D eigenvalue weighted by molar-refractivity contribution is 0.0944. The Labute approximate surface area is 158 Å². The zero-order chi connectivity index (χ0) is 19.2. The van der Waals surface area contributed by atoms with E-state index in [9.17, 15) is 9.18 Å². The Hall–Kier alpha value is -2.51. The molecular weight excluding hydrogens is 349 g/mol. The molecule has 1 fully saturated rings. The molecule has 0 aliphatic carbocycles. The fourth-order valence-electron chi connectivity index (χ4n) is 3.14. The number of ether oxygens (including phenoxy) is 2. The summed E-state index contributed by atoms with van der Waals surface area (Å²) >= 11 is 0. The summed E-state index contributed by atoms with van der Waals surface area (Å²) < 4.78 is 24.0. The van der Waals surface area contributed by atoms with Crippen LogP contribution in [0.25, 0.3) is 0 Å². The molecule has 1 aliphatic rings. The molecule has 2 aromatic rings. The molecule has 27 heavy (non-hydrogen) atoms. The number of pyridine rings is 1. The van der Waals surface area contributed by atoms with E-state index in [0.717, 1.165) is 24.5 Å². The Kier molecular flexibility index (Phi) is 6.36. The second kappa shape index (κ2) is 8.92. The van der Waals surface area contributed by atoms with Crippen molar-refractivity contribution in [1.29, 1.82) is 0 Å². The van der Waals surface area contributed by atoms with Gasteiger partial charge in [-0.05, 0) is 36.2 Å². The van der Waals surface area contributed by atoms with Crippen LogP contribution in [0.1, 0.15) is 27.2 Å². The highest BCUT2D eigenvalue weighted by Gasteiger charge is 2.20. The van der Waals surface area contributed by atoms with Crippen LogP contribution in [0.3, 0.4) is 0 Å². The summed E-state index contributed by atoms with van der Waals surface area (Å²) in [6.07, 6.45) is 0. The van der Waals surface area contributed by atoms with Gasteiger partial charge in [0.05, 0.1) is 31.1 Å². The van der Waals surface area contributed by atoms with E-state index < -0.39 is 0 Å². The monoisotopic (exact) mass is 373 g/mol. The van der Waals surface area contributed by atoms with E-state index in [1.165, 1.54) is 12.1 Å². The molecule has 0 radical (unpaired) electrons. The van der Waals surface area contributed by atoms with Gasteiger partial charge in [0.25, 0.3) is 5.91 Å². The third-order valence-corrected chi connectivity index (χ3v) is 4.46. The minimum Gasteiger partial charge on any atom is -0.378 e. The molecule has 6 nitrogen and oxygen atoms in total. The third-order valence-electron chi connectivity index (χ3n) is 4.46. The van der Waals surface area contributed by atoms with Crippen molar-refractivity contribution in [1.82, 2.24) is 10.3 Å². The van der Waals surface area contributed by atoms with Crippen molar-refractivity contribution < 1.29 is 18.7 Å². The number of amides is 1. The van der Waals surface area contributed by atoms with Crippen LogP contribution in [0.4, 0.5) is 10.2 Å². The summed E-state index contributed by atoms with van der Waals surface area (Å²) in [5.74, 6) is 0.254. The van der Waals surface area contributed by atoms with Crippen LogP contribution < -0.4 is 10.2 Å². The number of nitrogens with one attached hydrogen (secondary N) is 1. The minimum atomic E-state index is -0.325. The van der Waals surface area contributed by atoms with Crippen LogP contribution >= 0.6 is 0 Å². The van der Waals surface area contributed by atoms with Gasteiger partial charge in [-0.25, -0.2) is 9.37 Å². The maximum atomic E-state index is 13.3. The second-order valence-corrected chi connectivity index (χ2v) is 6.46. The van der Waals surface area contributed by atoms with Crippen molar-refractivity contribution in [3.63, 3.8) is 0 Å². The number of aryl methyl sites for hydroxylation is 1. The first kappa shape index (κ1) is 19.3. The quantitative estimate of drug-likeness (QED) is 0.843. The van der Waals surface area contributed by atoms with Crippen molar-refractivity contribution >= 4 is 11.7 Å². The van der Waals surface area contributed by atoms with Gasteiger partial charge in [0.1, 0.15) is 11.6 Å². The van der Waals surface area contributed by atoms with Crippen molar-refractivity contribution in [2.45, 2.75) is 20.1 Å². The molecule has 0 saturated carbocycles. The molecule has 3 rings (SSSR count). The lowest BCUT2D eigenvalue weighted by Crippen LogP contribution is -2.37. The molecule has 1 saturated heterocycles. The van der Waals surface area contributed by atoms with Gasteiger partial charge in [0.2, 0.25) is 0 Å². The molecular formula is C20H24FN3O3. The predicted octanol–water partition coefficient (Wildman–Crippen LogP) is 2.44. The standard InChI is InChI=1S/C20H24FN3O3/c1-14-10-18(24-6-8-27-9-7-24)23-17(13-26-2)19(14)20(25)22-12-15-4-3-5-16(21)11-15/h3-5,10-11H,6-9,12-13H2,1-2H3,(H,22,25). The van der Waals surface area contributed by atoms with E-state index in [0.29, 0.717) is 30.0 Å². The van der Waals surface area contributed by atoms with Crippen LogP contribution in [-0.2, 0) is 22.6 Å². The van der Waals surface area contributed by atoms with Crippen molar-refractivity contribution in [2.75, 3.05) is 38.3 Å². The van der Waals surface area contributed by atoms with E-state index in [-0.39, 0.29) is 24.9 Å².